The quantitative estimate of drug-likeness (QED) is 0.655. The lowest BCUT2D eigenvalue weighted by Crippen LogP contribution is -2.16. The molecule has 0 saturated heterocycles. The Kier molecular flexibility index (Phi) is 5.25. The van der Waals surface area contributed by atoms with Crippen LogP contribution in [0.25, 0.3) is 11.3 Å². The molecule has 0 spiro atoms. The summed E-state index contributed by atoms with van der Waals surface area (Å²) in [5.74, 6) is 2.20. The maximum absolute atomic E-state index is 5.99. The summed E-state index contributed by atoms with van der Waals surface area (Å²) in [6.45, 7) is 4.55. The molecule has 0 unspecified atom stereocenters. The molecule has 7 nitrogen and oxygen atoms in total. The van der Waals surface area contributed by atoms with E-state index in [0.29, 0.717) is 5.95 Å². The Labute approximate surface area is 165 Å². The predicted molar refractivity (Wildman–Crippen MR) is 109 cm³/mol. The molecule has 1 aromatic carbocycles. The SMILES string of the molecule is CCCCc1ncc(CN2Cc3nc(N)nc(-c4ccc(OC)cc4)c3C2)[nH]1. The molecular weight excluding hydrogens is 352 g/mol. The normalized spacial score (nSPS) is 13.6. The summed E-state index contributed by atoms with van der Waals surface area (Å²) < 4.78 is 5.26. The monoisotopic (exact) mass is 378 g/mol. The third-order valence-electron chi connectivity index (χ3n) is 5.07. The number of aromatic nitrogens is 4. The van der Waals surface area contributed by atoms with Crippen LogP contribution in [-0.2, 0) is 26.1 Å². The number of methoxy groups -OCH3 is 1. The zero-order valence-corrected chi connectivity index (χ0v) is 16.4. The van der Waals surface area contributed by atoms with Crippen LogP contribution < -0.4 is 10.5 Å². The van der Waals surface area contributed by atoms with Crippen LogP contribution in [0.5, 0.6) is 5.75 Å². The van der Waals surface area contributed by atoms with Gasteiger partial charge in [0.25, 0.3) is 0 Å². The Bertz CT molecular complexity index is 950. The zero-order valence-electron chi connectivity index (χ0n) is 16.4. The van der Waals surface area contributed by atoms with Gasteiger partial charge in [-0.3, -0.25) is 4.90 Å². The molecule has 0 bridgehead atoms. The maximum atomic E-state index is 5.99. The molecule has 0 amide bonds. The second-order valence-corrected chi connectivity index (χ2v) is 7.19. The summed E-state index contributed by atoms with van der Waals surface area (Å²) in [6.07, 6.45) is 5.27. The van der Waals surface area contributed by atoms with Gasteiger partial charge in [0.2, 0.25) is 5.95 Å². The van der Waals surface area contributed by atoms with Gasteiger partial charge < -0.3 is 15.5 Å². The molecule has 4 rings (SSSR count). The van der Waals surface area contributed by atoms with Gasteiger partial charge in [-0.15, -0.1) is 0 Å². The topological polar surface area (TPSA) is 93.0 Å². The minimum absolute atomic E-state index is 0.315. The first-order valence-corrected chi connectivity index (χ1v) is 9.71. The van der Waals surface area contributed by atoms with Crippen molar-refractivity contribution in [3.8, 4) is 17.0 Å². The number of imidazole rings is 1. The summed E-state index contributed by atoms with van der Waals surface area (Å²) in [5.41, 5.74) is 11.2. The second-order valence-electron chi connectivity index (χ2n) is 7.19. The van der Waals surface area contributed by atoms with Crippen LogP contribution in [0.4, 0.5) is 5.95 Å². The van der Waals surface area contributed by atoms with Crippen molar-refractivity contribution in [2.45, 2.75) is 45.8 Å². The molecule has 2 aromatic heterocycles. The van der Waals surface area contributed by atoms with Gasteiger partial charge in [-0.25, -0.2) is 15.0 Å². The summed E-state index contributed by atoms with van der Waals surface area (Å²) in [4.78, 5) is 19.3. The highest BCUT2D eigenvalue weighted by molar-refractivity contribution is 5.66. The van der Waals surface area contributed by atoms with E-state index in [2.05, 4.69) is 31.8 Å². The van der Waals surface area contributed by atoms with Crippen molar-refractivity contribution >= 4 is 5.95 Å². The first kappa shape index (κ1) is 18.4. The molecular formula is C21H26N6O. The lowest BCUT2D eigenvalue weighted by Gasteiger charge is -2.13. The van der Waals surface area contributed by atoms with Crippen molar-refractivity contribution in [2.24, 2.45) is 0 Å². The maximum Gasteiger partial charge on any atom is 0.220 e. The van der Waals surface area contributed by atoms with Gasteiger partial charge in [0, 0.05) is 49.1 Å². The van der Waals surface area contributed by atoms with Crippen LogP contribution in [0.15, 0.2) is 30.5 Å². The molecule has 0 saturated carbocycles. The number of nitrogens with two attached hydrogens (primary N) is 1. The third-order valence-corrected chi connectivity index (χ3v) is 5.07. The number of hydrogen-bond donors (Lipinski definition) is 2. The lowest BCUT2D eigenvalue weighted by atomic mass is 10.1. The standard InChI is InChI=1S/C21H26N6O/c1-3-4-5-19-23-10-15(24-19)11-27-12-17-18(13-27)25-21(22)26-20(17)14-6-8-16(28-2)9-7-14/h6-10H,3-5,11-13H2,1-2H3,(H,23,24)(H2,22,25,26). The van der Waals surface area contributed by atoms with Crippen LogP contribution in [0, 0.1) is 0 Å². The summed E-state index contributed by atoms with van der Waals surface area (Å²) in [7, 11) is 1.66. The molecule has 28 heavy (non-hydrogen) atoms. The summed E-state index contributed by atoms with van der Waals surface area (Å²) >= 11 is 0. The Morgan fingerprint density at radius 3 is 2.75 bits per heavy atom. The minimum atomic E-state index is 0.315. The Balaban J connectivity index is 1.53. The number of fused-ring (bicyclic) bond motifs is 1. The molecule has 3 N–H and O–H groups in total. The van der Waals surface area contributed by atoms with Crippen molar-refractivity contribution in [1.82, 2.24) is 24.8 Å². The van der Waals surface area contributed by atoms with E-state index in [1.807, 2.05) is 30.5 Å². The van der Waals surface area contributed by atoms with E-state index in [4.69, 9.17) is 10.5 Å². The Morgan fingerprint density at radius 2 is 2.00 bits per heavy atom. The number of aryl methyl sites for hydroxylation is 1. The number of H-pyrrole nitrogens is 1. The summed E-state index contributed by atoms with van der Waals surface area (Å²) in [5, 5.41) is 0. The molecule has 1 aliphatic rings. The Hall–Kier alpha value is -2.93. The van der Waals surface area contributed by atoms with Crippen LogP contribution in [0.1, 0.15) is 42.5 Å². The van der Waals surface area contributed by atoms with Crippen molar-refractivity contribution < 1.29 is 4.74 Å². The van der Waals surface area contributed by atoms with E-state index >= 15 is 0 Å². The van der Waals surface area contributed by atoms with E-state index < -0.39 is 0 Å². The van der Waals surface area contributed by atoms with Crippen LogP contribution >= 0.6 is 0 Å². The fourth-order valence-electron chi connectivity index (χ4n) is 3.64. The number of benzene rings is 1. The largest absolute Gasteiger partial charge is 0.497 e. The molecule has 0 radical (unpaired) electrons. The fourth-order valence-corrected chi connectivity index (χ4v) is 3.64. The van der Waals surface area contributed by atoms with Crippen LogP contribution in [-0.4, -0.2) is 31.9 Å². The van der Waals surface area contributed by atoms with Crippen molar-refractivity contribution in [3.05, 3.63) is 53.2 Å². The van der Waals surface area contributed by atoms with Crippen molar-refractivity contribution in [1.29, 1.82) is 0 Å². The number of anilines is 1. The first-order chi connectivity index (χ1) is 13.7. The van der Waals surface area contributed by atoms with Gasteiger partial charge in [0.1, 0.15) is 11.6 Å². The van der Waals surface area contributed by atoms with Gasteiger partial charge in [-0.05, 0) is 30.7 Å². The molecule has 3 heterocycles. The number of nitrogens with one attached hydrogen (secondary N) is 1. The molecule has 0 aliphatic carbocycles. The highest BCUT2D eigenvalue weighted by Gasteiger charge is 2.26. The van der Waals surface area contributed by atoms with Gasteiger partial charge in [-0.1, -0.05) is 13.3 Å². The molecule has 1 aliphatic heterocycles. The van der Waals surface area contributed by atoms with E-state index in [9.17, 15) is 0 Å². The highest BCUT2D eigenvalue weighted by atomic mass is 16.5. The van der Waals surface area contributed by atoms with Gasteiger partial charge in [0.15, 0.2) is 0 Å². The van der Waals surface area contributed by atoms with E-state index in [0.717, 1.165) is 72.3 Å². The average Bonchev–Trinajstić information content (AvgIpc) is 3.32. The van der Waals surface area contributed by atoms with E-state index in [1.165, 1.54) is 6.42 Å². The van der Waals surface area contributed by atoms with Gasteiger partial charge in [-0.2, -0.15) is 0 Å². The molecule has 3 aromatic rings. The smallest absolute Gasteiger partial charge is 0.220 e. The average molecular weight is 378 g/mol. The lowest BCUT2D eigenvalue weighted by molar-refractivity contribution is 0.271. The minimum Gasteiger partial charge on any atom is -0.497 e. The molecule has 7 heteroatoms. The number of nitrogens with zero attached hydrogens (tertiary/aromatic N) is 4. The zero-order chi connectivity index (χ0) is 19.5. The fraction of sp³-hybridized carbons (Fsp3) is 0.381. The van der Waals surface area contributed by atoms with Crippen LogP contribution in [0.3, 0.4) is 0 Å². The number of nitrogen functional groups attached to an aromatic ring is 1. The second kappa shape index (κ2) is 7.98. The van der Waals surface area contributed by atoms with Gasteiger partial charge in [0.05, 0.1) is 18.5 Å². The highest BCUT2D eigenvalue weighted by Crippen LogP contribution is 2.32. The van der Waals surface area contributed by atoms with Crippen molar-refractivity contribution in [2.75, 3.05) is 12.8 Å². The molecule has 0 atom stereocenters. The number of aromatic amines is 1. The number of unbranched alkanes of at least 4 members (excludes halogenated alkanes) is 1. The Morgan fingerprint density at radius 1 is 1.18 bits per heavy atom. The number of hydrogen-bond acceptors (Lipinski definition) is 6. The summed E-state index contributed by atoms with van der Waals surface area (Å²) in [6, 6.07) is 7.90. The van der Waals surface area contributed by atoms with Crippen molar-refractivity contribution in [3.63, 3.8) is 0 Å². The molecule has 0 fully saturated rings. The van der Waals surface area contributed by atoms with Gasteiger partial charge >= 0.3 is 0 Å². The number of rotatable bonds is 7. The number of ether oxygens (including phenoxy) is 1. The predicted octanol–water partition coefficient (Wildman–Crippen LogP) is 3.32. The molecule has 146 valence electrons. The van der Waals surface area contributed by atoms with E-state index in [1.54, 1.807) is 7.11 Å². The first-order valence-electron chi connectivity index (χ1n) is 9.71. The van der Waals surface area contributed by atoms with E-state index in [-0.39, 0.29) is 0 Å². The van der Waals surface area contributed by atoms with Crippen LogP contribution in [0.2, 0.25) is 0 Å². The third kappa shape index (κ3) is 3.84.